The molecule has 1 N–H and O–H groups in total. The second kappa shape index (κ2) is 8.67. The van der Waals surface area contributed by atoms with Gasteiger partial charge in [0.05, 0.1) is 14.2 Å². The van der Waals surface area contributed by atoms with Crippen molar-refractivity contribution < 1.29 is 14.6 Å². The summed E-state index contributed by atoms with van der Waals surface area (Å²) in [4.78, 5) is 6.41. The lowest BCUT2D eigenvalue weighted by Gasteiger charge is -2.24. The van der Waals surface area contributed by atoms with Crippen molar-refractivity contribution in [3.8, 4) is 34.0 Å². The van der Waals surface area contributed by atoms with Gasteiger partial charge in [-0.2, -0.15) is 0 Å². The molecule has 0 bridgehead atoms. The summed E-state index contributed by atoms with van der Waals surface area (Å²) >= 11 is 0. The van der Waals surface area contributed by atoms with Gasteiger partial charge >= 0.3 is 0 Å². The van der Waals surface area contributed by atoms with Crippen LogP contribution in [0.2, 0.25) is 0 Å². The van der Waals surface area contributed by atoms with Gasteiger partial charge in [0.25, 0.3) is 0 Å². The van der Waals surface area contributed by atoms with E-state index < -0.39 is 6.23 Å². The minimum absolute atomic E-state index is 0.376. The van der Waals surface area contributed by atoms with E-state index in [9.17, 15) is 5.11 Å². The van der Waals surface area contributed by atoms with E-state index in [1.807, 2.05) is 55.5 Å². The fraction of sp³-hybridized carbons (Fsp3) is 0.286. The maximum absolute atomic E-state index is 10.0. The second-order valence-corrected chi connectivity index (χ2v) is 6.18. The molecule has 1 unspecified atom stereocenters. The molecule has 0 fully saturated rings. The molecule has 0 amide bonds. The molecular formula is C21H24N4O3. The highest BCUT2D eigenvalue weighted by Gasteiger charge is 2.19. The van der Waals surface area contributed by atoms with Crippen LogP contribution in [0.5, 0.6) is 11.5 Å². The maximum Gasteiger partial charge on any atom is 0.247 e. The first-order valence-corrected chi connectivity index (χ1v) is 9.05. The van der Waals surface area contributed by atoms with Gasteiger partial charge in [-0.1, -0.05) is 0 Å². The Bertz CT molecular complexity index is 912. The third-order valence-electron chi connectivity index (χ3n) is 4.45. The molecule has 0 aliphatic heterocycles. The number of rotatable bonds is 7. The molecule has 7 heteroatoms. The highest BCUT2D eigenvalue weighted by atomic mass is 16.5. The van der Waals surface area contributed by atoms with Crippen LogP contribution in [0.25, 0.3) is 22.5 Å². The number of hydrogen-bond donors (Lipinski definition) is 1. The van der Waals surface area contributed by atoms with E-state index in [2.05, 4.69) is 10.2 Å². The number of aliphatic hydroxyl groups is 1. The van der Waals surface area contributed by atoms with E-state index in [0.717, 1.165) is 22.6 Å². The van der Waals surface area contributed by atoms with E-state index in [1.54, 1.807) is 26.0 Å². The minimum atomic E-state index is -0.720. The van der Waals surface area contributed by atoms with Crippen LogP contribution in [0, 0.1) is 0 Å². The second-order valence-electron chi connectivity index (χ2n) is 6.18. The predicted octanol–water partition coefficient (Wildman–Crippen LogP) is 3.39. The summed E-state index contributed by atoms with van der Waals surface area (Å²) in [5.74, 6) is 1.90. The molecule has 0 aliphatic carbocycles. The van der Waals surface area contributed by atoms with Gasteiger partial charge in [-0.05, 0) is 62.4 Å². The normalized spacial score (nSPS) is 11.8. The number of ether oxygens (including phenoxy) is 2. The van der Waals surface area contributed by atoms with E-state index in [-0.39, 0.29) is 0 Å². The lowest BCUT2D eigenvalue weighted by atomic mass is 10.0. The van der Waals surface area contributed by atoms with Gasteiger partial charge < -0.3 is 19.5 Å². The molecule has 3 aromatic rings. The standard InChI is InChI=1S/C21H24N4O3/c1-5-25(14(2)26)21-22-19(15-6-10-17(27-3)11-7-15)20(23-24-21)16-8-12-18(28-4)13-9-16/h6-14,26H,5H2,1-4H3. The van der Waals surface area contributed by atoms with Crippen LogP contribution in [-0.4, -0.2) is 47.3 Å². The summed E-state index contributed by atoms with van der Waals surface area (Å²) < 4.78 is 10.5. The lowest BCUT2D eigenvalue weighted by Crippen LogP contribution is -2.34. The molecule has 1 atom stereocenters. The molecule has 2 aromatic carbocycles. The van der Waals surface area contributed by atoms with Crippen LogP contribution in [0.1, 0.15) is 13.8 Å². The topological polar surface area (TPSA) is 80.6 Å². The molecule has 3 rings (SSSR count). The van der Waals surface area contributed by atoms with E-state index in [1.165, 1.54) is 0 Å². The quantitative estimate of drug-likeness (QED) is 0.629. The number of benzene rings is 2. The minimum Gasteiger partial charge on any atom is -0.497 e. The summed E-state index contributed by atoms with van der Waals surface area (Å²) in [6.07, 6.45) is -0.720. The van der Waals surface area contributed by atoms with E-state index in [0.29, 0.717) is 23.9 Å². The molecule has 146 valence electrons. The molecule has 7 nitrogen and oxygen atoms in total. The van der Waals surface area contributed by atoms with Gasteiger partial charge in [-0.3, -0.25) is 0 Å². The number of aliphatic hydroxyl groups excluding tert-OH is 1. The maximum atomic E-state index is 10.0. The molecule has 0 spiro atoms. The van der Waals surface area contributed by atoms with E-state index in [4.69, 9.17) is 14.5 Å². The summed E-state index contributed by atoms with van der Waals surface area (Å²) in [6.45, 7) is 4.17. The molecule has 28 heavy (non-hydrogen) atoms. The fourth-order valence-electron chi connectivity index (χ4n) is 2.91. The SMILES string of the molecule is CCN(c1nnc(-c2ccc(OC)cc2)c(-c2ccc(OC)cc2)n1)C(C)O. The Kier molecular flexibility index (Phi) is 6.06. The fourth-order valence-corrected chi connectivity index (χ4v) is 2.91. The van der Waals surface area contributed by atoms with Crippen molar-refractivity contribution in [1.82, 2.24) is 15.2 Å². The van der Waals surface area contributed by atoms with E-state index >= 15 is 0 Å². The first kappa shape index (κ1) is 19.6. The molecule has 0 radical (unpaired) electrons. The largest absolute Gasteiger partial charge is 0.497 e. The molecular weight excluding hydrogens is 356 g/mol. The summed E-state index contributed by atoms with van der Waals surface area (Å²) in [6, 6.07) is 15.2. The van der Waals surface area contributed by atoms with Crippen molar-refractivity contribution in [2.45, 2.75) is 20.1 Å². The average Bonchev–Trinajstić information content (AvgIpc) is 2.74. The Labute approximate surface area is 164 Å². The Balaban J connectivity index is 2.14. The Morgan fingerprint density at radius 2 is 1.36 bits per heavy atom. The van der Waals surface area contributed by atoms with Crippen LogP contribution in [0.15, 0.2) is 48.5 Å². The van der Waals surface area contributed by atoms with Gasteiger partial charge in [0.15, 0.2) is 0 Å². The Hall–Kier alpha value is -3.19. The summed E-state index contributed by atoms with van der Waals surface area (Å²) in [5.41, 5.74) is 3.08. The molecule has 1 aromatic heterocycles. The number of methoxy groups -OCH3 is 2. The third-order valence-corrected chi connectivity index (χ3v) is 4.45. The van der Waals surface area contributed by atoms with Crippen LogP contribution in [0.3, 0.4) is 0 Å². The highest BCUT2D eigenvalue weighted by Crippen LogP contribution is 2.31. The molecule has 0 saturated heterocycles. The monoisotopic (exact) mass is 380 g/mol. The highest BCUT2D eigenvalue weighted by molar-refractivity contribution is 5.78. The Morgan fingerprint density at radius 3 is 1.79 bits per heavy atom. The predicted molar refractivity (Wildman–Crippen MR) is 109 cm³/mol. The van der Waals surface area contributed by atoms with Crippen LogP contribution >= 0.6 is 0 Å². The van der Waals surface area contributed by atoms with Crippen LogP contribution < -0.4 is 14.4 Å². The zero-order chi connectivity index (χ0) is 20.1. The number of hydrogen-bond acceptors (Lipinski definition) is 7. The van der Waals surface area contributed by atoms with Gasteiger partial charge in [0, 0.05) is 17.7 Å². The van der Waals surface area contributed by atoms with Gasteiger partial charge in [-0.25, -0.2) is 4.98 Å². The zero-order valence-corrected chi connectivity index (χ0v) is 16.5. The van der Waals surface area contributed by atoms with Crippen molar-refractivity contribution in [2.24, 2.45) is 0 Å². The van der Waals surface area contributed by atoms with Gasteiger partial charge in [-0.15, -0.1) is 10.2 Å². The lowest BCUT2D eigenvalue weighted by molar-refractivity contribution is 0.187. The molecule has 0 saturated carbocycles. The third kappa shape index (κ3) is 4.04. The van der Waals surface area contributed by atoms with Crippen LogP contribution in [-0.2, 0) is 0 Å². The van der Waals surface area contributed by atoms with Crippen molar-refractivity contribution >= 4 is 5.95 Å². The number of nitrogens with zero attached hydrogens (tertiary/aromatic N) is 4. The average molecular weight is 380 g/mol. The summed E-state index contributed by atoms with van der Waals surface area (Å²) in [5, 5.41) is 18.7. The summed E-state index contributed by atoms with van der Waals surface area (Å²) in [7, 11) is 3.26. The van der Waals surface area contributed by atoms with Crippen molar-refractivity contribution in [1.29, 1.82) is 0 Å². The number of anilines is 1. The van der Waals surface area contributed by atoms with Crippen molar-refractivity contribution in [3.63, 3.8) is 0 Å². The van der Waals surface area contributed by atoms with Crippen molar-refractivity contribution in [2.75, 3.05) is 25.7 Å². The number of aromatic nitrogens is 3. The Morgan fingerprint density at radius 1 is 0.857 bits per heavy atom. The molecule has 0 aliphatic rings. The van der Waals surface area contributed by atoms with Gasteiger partial charge in [0.1, 0.15) is 29.1 Å². The van der Waals surface area contributed by atoms with Crippen LogP contribution in [0.4, 0.5) is 5.95 Å². The molecule has 1 heterocycles. The zero-order valence-electron chi connectivity index (χ0n) is 16.5. The first-order chi connectivity index (χ1) is 13.6. The smallest absolute Gasteiger partial charge is 0.247 e. The first-order valence-electron chi connectivity index (χ1n) is 9.05. The van der Waals surface area contributed by atoms with Gasteiger partial charge in [0.2, 0.25) is 5.95 Å². The van der Waals surface area contributed by atoms with Crippen molar-refractivity contribution in [3.05, 3.63) is 48.5 Å².